The van der Waals surface area contributed by atoms with Crippen LogP contribution in [0.4, 0.5) is 15.8 Å². The van der Waals surface area contributed by atoms with Crippen molar-refractivity contribution in [2.24, 2.45) is 22.6 Å². The van der Waals surface area contributed by atoms with Crippen molar-refractivity contribution in [2.75, 3.05) is 11.8 Å². The lowest BCUT2D eigenvalue weighted by Crippen LogP contribution is -2.21. The number of anilines is 1. The second-order valence-electron chi connectivity index (χ2n) is 9.24. The zero-order valence-electron chi connectivity index (χ0n) is 20.6. The average Bonchev–Trinajstić information content (AvgIpc) is 2.84. The van der Waals surface area contributed by atoms with Crippen molar-refractivity contribution in [3.63, 3.8) is 0 Å². The molecular formula is C26H32FN3O5S. The largest absolute Gasteiger partial charge is 0.495 e. The monoisotopic (exact) mass is 517 g/mol. The van der Waals surface area contributed by atoms with Gasteiger partial charge in [0, 0.05) is 12.3 Å². The van der Waals surface area contributed by atoms with E-state index in [1.165, 1.54) is 44.6 Å². The van der Waals surface area contributed by atoms with Crippen molar-refractivity contribution in [3.05, 3.63) is 64.4 Å². The Labute approximate surface area is 211 Å². The summed E-state index contributed by atoms with van der Waals surface area (Å²) < 4.78 is 46.3. The summed E-state index contributed by atoms with van der Waals surface area (Å²) in [5.41, 5.74) is 6.71. The zero-order chi connectivity index (χ0) is 26.5. The average molecular weight is 518 g/mol. The number of aromatic carboxylic acids is 1. The van der Waals surface area contributed by atoms with E-state index in [0.29, 0.717) is 11.6 Å². The van der Waals surface area contributed by atoms with Gasteiger partial charge in [-0.15, -0.1) is 0 Å². The highest BCUT2D eigenvalue weighted by molar-refractivity contribution is 7.96. The molecule has 1 aliphatic carbocycles. The molecule has 0 aromatic heterocycles. The van der Waals surface area contributed by atoms with Gasteiger partial charge in [-0.25, -0.2) is 9.18 Å². The van der Waals surface area contributed by atoms with E-state index in [9.17, 15) is 17.6 Å². The van der Waals surface area contributed by atoms with Gasteiger partial charge in [-0.1, -0.05) is 26.0 Å². The fourth-order valence-corrected chi connectivity index (χ4v) is 5.21. The van der Waals surface area contributed by atoms with Gasteiger partial charge >= 0.3 is 5.97 Å². The van der Waals surface area contributed by atoms with Crippen LogP contribution in [0.1, 0.15) is 61.4 Å². The summed E-state index contributed by atoms with van der Waals surface area (Å²) in [6.07, 6.45) is 7.24. The maximum atomic E-state index is 14.0. The van der Waals surface area contributed by atoms with Crippen LogP contribution in [-0.2, 0) is 10.0 Å². The molecule has 2 aromatic carbocycles. The first-order valence-corrected chi connectivity index (χ1v) is 13.2. The number of benzene rings is 2. The Balaban J connectivity index is 1.66. The summed E-state index contributed by atoms with van der Waals surface area (Å²) in [7, 11) is -3.08. The van der Waals surface area contributed by atoms with E-state index >= 15 is 0 Å². The third-order valence-electron chi connectivity index (χ3n) is 6.62. The van der Waals surface area contributed by atoms with E-state index in [4.69, 9.17) is 15.6 Å². The minimum atomic E-state index is -4.28. The van der Waals surface area contributed by atoms with Crippen LogP contribution < -0.4 is 15.2 Å². The number of nitrogens with one attached hydrogen (secondary N) is 1. The molecule has 0 bridgehead atoms. The lowest BCUT2D eigenvalue weighted by Gasteiger charge is -2.31. The lowest BCUT2D eigenvalue weighted by atomic mass is 9.75. The van der Waals surface area contributed by atoms with Crippen molar-refractivity contribution >= 4 is 33.6 Å². The summed E-state index contributed by atoms with van der Waals surface area (Å²) in [5, 5.41) is 8.46. The highest BCUT2D eigenvalue weighted by Gasteiger charge is 2.24. The highest BCUT2D eigenvalue weighted by Crippen LogP contribution is 2.39. The van der Waals surface area contributed by atoms with Crippen molar-refractivity contribution in [1.82, 2.24) is 0 Å². The molecule has 10 heteroatoms. The maximum Gasteiger partial charge on any atom is 0.338 e. The van der Waals surface area contributed by atoms with Gasteiger partial charge in [0.15, 0.2) is 0 Å². The minimum Gasteiger partial charge on any atom is -0.495 e. The van der Waals surface area contributed by atoms with Crippen molar-refractivity contribution in [3.8, 4) is 5.75 Å². The SMILES string of the molecule is COc1cc(C(=O)O)c(F)cc1NS(=O)(=O)C(N)=CC=Nc1ccc(C2CCC(C(C)C)CC2)cc1. The Morgan fingerprint density at radius 3 is 2.39 bits per heavy atom. The number of nitrogens with two attached hydrogens (primary N) is 1. The number of aliphatic imine (C=N–C) groups is 1. The van der Waals surface area contributed by atoms with Crippen LogP contribution in [0.3, 0.4) is 0 Å². The number of hydrogen-bond acceptors (Lipinski definition) is 6. The van der Waals surface area contributed by atoms with E-state index in [1.807, 2.05) is 12.1 Å². The molecule has 194 valence electrons. The molecule has 1 aliphatic rings. The van der Waals surface area contributed by atoms with E-state index < -0.39 is 32.4 Å². The molecule has 1 fully saturated rings. The normalized spacial score (nSPS) is 19.0. The summed E-state index contributed by atoms with van der Waals surface area (Å²) in [6.45, 7) is 4.57. The molecule has 0 heterocycles. The number of methoxy groups -OCH3 is 1. The quantitative estimate of drug-likeness (QED) is 0.381. The fourth-order valence-electron chi connectivity index (χ4n) is 4.41. The third kappa shape index (κ3) is 6.63. The molecule has 0 atom stereocenters. The summed E-state index contributed by atoms with van der Waals surface area (Å²) >= 11 is 0. The topological polar surface area (TPSA) is 131 Å². The molecular weight excluding hydrogens is 485 g/mol. The first-order chi connectivity index (χ1) is 17.0. The third-order valence-corrected chi connectivity index (χ3v) is 7.86. The van der Waals surface area contributed by atoms with Crippen LogP contribution in [0, 0.1) is 17.7 Å². The highest BCUT2D eigenvalue weighted by atomic mass is 32.2. The van der Waals surface area contributed by atoms with Crippen LogP contribution in [0.2, 0.25) is 0 Å². The Hall–Kier alpha value is -3.40. The van der Waals surface area contributed by atoms with Crippen LogP contribution in [-0.4, -0.2) is 32.8 Å². The van der Waals surface area contributed by atoms with E-state index in [1.54, 1.807) is 0 Å². The molecule has 0 radical (unpaired) electrons. The lowest BCUT2D eigenvalue weighted by molar-refractivity contribution is 0.0691. The molecule has 36 heavy (non-hydrogen) atoms. The van der Waals surface area contributed by atoms with Crippen molar-refractivity contribution < 1.29 is 27.4 Å². The Morgan fingerprint density at radius 2 is 1.83 bits per heavy atom. The number of halogens is 1. The summed E-state index contributed by atoms with van der Waals surface area (Å²) in [5.74, 6) is -0.725. The maximum absolute atomic E-state index is 14.0. The number of sulfonamides is 1. The van der Waals surface area contributed by atoms with E-state index in [2.05, 4.69) is 35.7 Å². The summed E-state index contributed by atoms with van der Waals surface area (Å²) in [4.78, 5) is 15.3. The van der Waals surface area contributed by atoms with E-state index in [-0.39, 0.29) is 11.4 Å². The number of nitrogens with zero attached hydrogens (tertiary/aromatic N) is 1. The molecule has 0 amide bonds. The molecule has 1 saturated carbocycles. The molecule has 4 N–H and O–H groups in total. The molecule has 2 aromatic rings. The van der Waals surface area contributed by atoms with Gasteiger partial charge in [0.05, 0.1) is 24.0 Å². The zero-order valence-corrected chi connectivity index (χ0v) is 21.4. The van der Waals surface area contributed by atoms with Gasteiger partial charge in [-0.05, 0) is 73.3 Å². The van der Waals surface area contributed by atoms with Crippen molar-refractivity contribution in [2.45, 2.75) is 45.4 Å². The number of carboxylic acid groups (broad SMARTS) is 1. The van der Waals surface area contributed by atoms with E-state index in [0.717, 1.165) is 30.0 Å². The number of ether oxygens (including phenoxy) is 1. The second-order valence-corrected chi connectivity index (χ2v) is 10.9. The van der Waals surface area contributed by atoms with Crippen molar-refractivity contribution in [1.29, 1.82) is 0 Å². The molecule has 0 aliphatic heterocycles. The molecule has 0 saturated heterocycles. The number of carbonyl (C=O) groups is 1. The number of allylic oxidation sites excluding steroid dienone is 1. The second kappa shape index (κ2) is 11.6. The summed E-state index contributed by atoms with van der Waals surface area (Å²) in [6, 6.07) is 9.48. The Morgan fingerprint density at radius 1 is 1.19 bits per heavy atom. The first kappa shape index (κ1) is 27.2. The van der Waals surface area contributed by atoms with Gasteiger partial charge in [0.1, 0.15) is 16.6 Å². The Bertz CT molecular complexity index is 1250. The fraction of sp³-hybridized carbons (Fsp3) is 0.385. The number of carboxylic acids is 1. The van der Waals surface area contributed by atoms with Crippen LogP contribution >= 0.6 is 0 Å². The predicted molar refractivity (Wildman–Crippen MR) is 139 cm³/mol. The molecule has 0 unspecified atom stereocenters. The molecule has 3 rings (SSSR count). The van der Waals surface area contributed by atoms with Crippen LogP contribution in [0.15, 0.2) is 52.5 Å². The first-order valence-electron chi connectivity index (χ1n) is 11.7. The van der Waals surface area contributed by atoms with Crippen LogP contribution in [0.5, 0.6) is 5.75 Å². The standard InChI is InChI=1S/C26H32FN3O5S/c1-16(2)17-4-6-18(7-5-17)19-8-10-20(11-9-19)29-13-12-25(28)36(33,34)30-23-15-22(27)21(26(31)32)14-24(23)35-3/h8-18,30H,4-7,28H2,1-3H3,(H,31,32). The van der Waals surface area contributed by atoms with Gasteiger partial charge in [-0.3, -0.25) is 9.71 Å². The van der Waals surface area contributed by atoms with Gasteiger partial charge in [-0.2, -0.15) is 8.42 Å². The Kier molecular flexibility index (Phi) is 8.73. The number of hydrogen-bond donors (Lipinski definition) is 3. The smallest absolute Gasteiger partial charge is 0.338 e. The van der Waals surface area contributed by atoms with Gasteiger partial charge in [0.25, 0.3) is 10.0 Å². The molecule has 8 nitrogen and oxygen atoms in total. The van der Waals surface area contributed by atoms with Crippen LogP contribution in [0.25, 0.3) is 0 Å². The molecule has 0 spiro atoms. The predicted octanol–water partition coefficient (Wildman–Crippen LogP) is 5.41. The number of rotatable bonds is 9. The minimum absolute atomic E-state index is 0.170. The van der Waals surface area contributed by atoms with Gasteiger partial charge < -0.3 is 15.6 Å². The van der Waals surface area contributed by atoms with Gasteiger partial charge in [0.2, 0.25) is 0 Å².